The maximum atomic E-state index is 12.6. The molecule has 0 aromatic heterocycles. The van der Waals surface area contributed by atoms with Gasteiger partial charge in [-0.3, -0.25) is 9.59 Å². The zero-order valence-corrected chi connectivity index (χ0v) is 15.2. The van der Waals surface area contributed by atoms with Crippen LogP contribution in [-0.4, -0.2) is 23.5 Å². The van der Waals surface area contributed by atoms with E-state index in [9.17, 15) is 14.7 Å². The molecule has 2 rings (SSSR count). The lowest BCUT2D eigenvalue weighted by atomic mass is 9.91. The van der Waals surface area contributed by atoms with E-state index in [1.807, 2.05) is 12.1 Å². The highest BCUT2D eigenvalue weighted by molar-refractivity contribution is 5.99. The molecule has 0 radical (unpaired) electrons. The molecule has 0 aliphatic heterocycles. The van der Waals surface area contributed by atoms with Gasteiger partial charge in [0.2, 0.25) is 0 Å². The Kier molecular flexibility index (Phi) is 7.87. The summed E-state index contributed by atoms with van der Waals surface area (Å²) >= 11 is 0. The molecule has 4 heteroatoms. The van der Waals surface area contributed by atoms with Crippen molar-refractivity contribution in [2.24, 2.45) is 0 Å². The number of aliphatic carboxylic acids is 1. The first-order valence-electron chi connectivity index (χ1n) is 9.15. The average molecular weight is 354 g/mol. The topological polar surface area (TPSA) is 63.6 Å². The number of benzene rings is 2. The fourth-order valence-electron chi connectivity index (χ4n) is 2.81. The lowest BCUT2D eigenvalue weighted by Crippen LogP contribution is -2.16. The number of carboxylic acids is 1. The van der Waals surface area contributed by atoms with E-state index in [2.05, 4.69) is 6.92 Å². The van der Waals surface area contributed by atoms with Gasteiger partial charge in [-0.1, -0.05) is 68.7 Å². The highest BCUT2D eigenvalue weighted by Gasteiger charge is 2.23. The zero-order chi connectivity index (χ0) is 18.8. The first-order valence-corrected chi connectivity index (χ1v) is 9.15. The standard InChI is InChI=1S/C22H26O4/c1-2-3-4-8-14-26-19-13-9-12-18(15-19)21(23)16-20(22(24)25)17-10-6-5-7-11-17/h5-7,9-13,15,20H,2-4,8,14,16H2,1H3,(H,24,25). The maximum absolute atomic E-state index is 12.6. The molecule has 1 atom stereocenters. The van der Waals surface area contributed by atoms with Crippen LogP contribution in [0.15, 0.2) is 54.6 Å². The van der Waals surface area contributed by atoms with Crippen molar-refractivity contribution in [2.45, 2.75) is 44.9 Å². The Morgan fingerprint density at radius 3 is 2.46 bits per heavy atom. The van der Waals surface area contributed by atoms with Crippen LogP contribution < -0.4 is 4.74 Å². The van der Waals surface area contributed by atoms with Crippen molar-refractivity contribution in [1.82, 2.24) is 0 Å². The van der Waals surface area contributed by atoms with Crippen molar-refractivity contribution in [3.05, 3.63) is 65.7 Å². The summed E-state index contributed by atoms with van der Waals surface area (Å²) in [5.74, 6) is -1.38. The van der Waals surface area contributed by atoms with Crippen molar-refractivity contribution >= 4 is 11.8 Å². The number of carboxylic acid groups (broad SMARTS) is 1. The van der Waals surface area contributed by atoms with Crippen molar-refractivity contribution < 1.29 is 19.4 Å². The molecule has 4 nitrogen and oxygen atoms in total. The summed E-state index contributed by atoms with van der Waals surface area (Å²) in [6.45, 7) is 2.79. The smallest absolute Gasteiger partial charge is 0.311 e. The first kappa shape index (κ1) is 19.7. The molecule has 1 unspecified atom stereocenters. The van der Waals surface area contributed by atoms with Crippen molar-refractivity contribution in [2.75, 3.05) is 6.61 Å². The van der Waals surface area contributed by atoms with Crippen LogP contribution >= 0.6 is 0 Å². The van der Waals surface area contributed by atoms with Gasteiger partial charge in [0.25, 0.3) is 0 Å². The number of Topliss-reactive ketones (excluding diaryl/α,β-unsaturated/α-hetero) is 1. The molecule has 0 fully saturated rings. The highest BCUT2D eigenvalue weighted by Crippen LogP contribution is 2.23. The van der Waals surface area contributed by atoms with Crippen LogP contribution in [0, 0.1) is 0 Å². The lowest BCUT2D eigenvalue weighted by Gasteiger charge is -2.13. The van der Waals surface area contributed by atoms with Gasteiger partial charge in [0.05, 0.1) is 12.5 Å². The molecule has 0 amide bonds. The van der Waals surface area contributed by atoms with E-state index >= 15 is 0 Å². The molecular weight excluding hydrogens is 328 g/mol. The van der Waals surface area contributed by atoms with Crippen molar-refractivity contribution in [3.8, 4) is 5.75 Å². The van der Waals surface area contributed by atoms with E-state index in [1.165, 1.54) is 12.8 Å². The third kappa shape index (κ3) is 6.03. The lowest BCUT2D eigenvalue weighted by molar-refractivity contribution is -0.138. The number of ketones is 1. The Balaban J connectivity index is 2.00. The van der Waals surface area contributed by atoms with Gasteiger partial charge in [-0.15, -0.1) is 0 Å². The molecule has 0 aliphatic rings. The number of unbranched alkanes of at least 4 members (excludes halogenated alkanes) is 3. The Bertz CT molecular complexity index is 709. The summed E-state index contributed by atoms with van der Waals surface area (Å²) in [7, 11) is 0. The van der Waals surface area contributed by atoms with Crippen LogP contribution in [0.3, 0.4) is 0 Å². The van der Waals surface area contributed by atoms with E-state index in [4.69, 9.17) is 4.74 Å². The number of hydrogen-bond acceptors (Lipinski definition) is 3. The Morgan fingerprint density at radius 1 is 1.00 bits per heavy atom. The van der Waals surface area contributed by atoms with E-state index in [-0.39, 0.29) is 12.2 Å². The minimum absolute atomic E-state index is 0.0701. The summed E-state index contributed by atoms with van der Waals surface area (Å²) in [5.41, 5.74) is 1.12. The van der Waals surface area contributed by atoms with Crippen LogP contribution in [-0.2, 0) is 4.79 Å². The second-order valence-electron chi connectivity index (χ2n) is 6.37. The number of hydrogen-bond donors (Lipinski definition) is 1. The molecule has 2 aromatic carbocycles. The second kappa shape index (κ2) is 10.4. The van der Waals surface area contributed by atoms with Gasteiger partial charge >= 0.3 is 5.97 Å². The SMILES string of the molecule is CCCCCCOc1cccc(C(=O)CC(C(=O)O)c2ccccc2)c1. The first-order chi connectivity index (χ1) is 12.6. The Labute approximate surface area is 154 Å². The number of rotatable bonds is 11. The third-order valence-corrected chi connectivity index (χ3v) is 4.31. The van der Waals surface area contributed by atoms with Gasteiger partial charge in [0, 0.05) is 12.0 Å². The summed E-state index contributed by atoms with van der Waals surface area (Å²) in [6.07, 6.45) is 4.42. The van der Waals surface area contributed by atoms with E-state index in [1.54, 1.807) is 42.5 Å². The van der Waals surface area contributed by atoms with E-state index in [0.717, 1.165) is 12.8 Å². The second-order valence-corrected chi connectivity index (χ2v) is 6.37. The Hall–Kier alpha value is -2.62. The fourth-order valence-corrected chi connectivity index (χ4v) is 2.81. The molecular formula is C22H26O4. The molecule has 0 aliphatic carbocycles. The third-order valence-electron chi connectivity index (χ3n) is 4.31. The maximum Gasteiger partial charge on any atom is 0.311 e. The predicted octanol–water partition coefficient (Wildman–Crippen LogP) is 5.09. The zero-order valence-electron chi connectivity index (χ0n) is 15.2. The van der Waals surface area contributed by atoms with Crippen LogP contribution in [0.25, 0.3) is 0 Å². The minimum Gasteiger partial charge on any atom is -0.494 e. The van der Waals surface area contributed by atoms with Gasteiger partial charge in [0.1, 0.15) is 5.75 Å². The fraction of sp³-hybridized carbons (Fsp3) is 0.364. The normalized spacial score (nSPS) is 11.7. The number of carbonyl (C=O) groups is 2. The molecule has 138 valence electrons. The number of carbonyl (C=O) groups excluding carboxylic acids is 1. The quantitative estimate of drug-likeness (QED) is 0.451. The van der Waals surface area contributed by atoms with Crippen molar-refractivity contribution in [1.29, 1.82) is 0 Å². The molecule has 0 saturated heterocycles. The molecule has 1 N–H and O–H groups in total. The molecule has 2 aromatic rings. The Morgan fingerprint density at radius 2 is 1.77 bits per heavy atom. The minimum atomic E-state index is -0.993. The molecule has 0 spiro atoms. The van der Waals surface area contributed by atoms with Gasteiger partial charge < -0.3 is 9.84 Å². The van der Waals surface area contributed by atoms with Gasteiger partial charge in [-0.2, -0.15) is 0 Å². The summed E-state index contributed by atoms with van der Waals surface area (Å²) in [4.78, 5) is 24.2. The highest BCUT2D eigenvalue weighted by atomic mass is 16.5. The van der Waals surface area contributed by atoms with Crippen LogP contribution in [0.4, 0.5) is 0 Å². The molecule has 0 saturated carbocycles. The van der Waals surface area contributed by atoms with E-state index < -0.39 is 11.9 Å². The van der Waals surface area contributed by atoms with Crippen LogP contribution in [0.1, 0.15) is 60.9 Å². The van der Waals surface area contributed by atoms with Gasteiger partial charge in [-0.25, -0.2) is 0 Å². The average Bonchev–Trinajstić information content (AvgIpc) is 2.66. The number of ether oxygens (including phenoxy) is 1. The van der Waals surface area contributed by atoms with Gasteiger partial charge in [0.15, 0.2) is 5.78 Å². The van der Waals surface area contributed by atoms with Gasteiger partial charge in [-0.05, 0) is 24.1 Å². The molecule has 0 heterocycles. The summed E-state index contributed by atoms with van der Waals surface area (Å²) in [5, 5.41) is 9.49. The summed E-state index contributed by atoms with van der Waals surface area (Å²) < 4.78 is 5.71. The van der Waals surface area contributed by atoms with Crippen molar-refractivity contribution in [3.63, 3.8) is 0 Å². The predicted molar refractivity (Wildman–Crippen MR) is 102 cm³/mol. The van der Waals surface area contributed by atoms with E-state index in [0.29, 0.717) is 23.5 Å². The monoisotopic (exact) mass is 354 g/mol. The molecule has 26 heavy (non-hydrogen) atoms. The summed E-state index contributed by atoms with van der Waals surface area (Å²) in [6, 6.07) is 15.9. The molecule has 0 bridgehead atoms. The largest absolute Gasteiger partial charge is 0.494 e. The van der Waals surface area contributed by atoms with Crippen LogP contribution in [0.5, 0.6) is 5.75 Å². The van der Waals surface area contributed by atoms with Crippen LogP contribution in [0.2, 0.25) is 0 Å².